The Kier molecular flexibility index (Phi) is 2.61. The van der Waals surface area contributed by atoms with Crippen molar-refractivity contribution < 1.29 is 0 Å². The van der Waals surface area contributed by atoms with Gasteiger partial charge in [0.15, 0.2) is 0 Å². The van der Waals surface area contributed by atoms with Crippen molar-refractivity contribution in [2.75, 3.05) is 0 Å². The molecule has 0 radical (unpaired) electrons. The van der Waals surface area contributed by atoms with E-state index in [1.807, 2.05) is 25.1 Å². The van der Waals surface area contributed by atoms with Crippen LogP contribution in [0.15, 0.2) is 30.3 Å². The number of rotatable bonds is 2. The average molecular weight is 296 g/mol. The average Bonchev–Trinajstić information content (AvgIpc) is 3.14. The summed E-state index contributed by atoms with van der Waals surface area (Å²) in [5.41, 5.74) is 4.05. The van der Waals surface area contributed by atoms with Gasteiger partial charge in [-0.05, 0) is 25.5 Å². The Balaban J connectivity index is 1.88. The van der Waals surface area contributed by atoms with Crippen molar-refractivity contribution in [3.63, 3.8) is 0 Å². The van der Waals surface area contributed by atoms with Crippen molar-refractivity contribution in [1.29, 1.82) is 0 Å². The number of aromatic nitrogens is 6. The molecule has 4 aromatic rings. The number of hydrogen-bond donors (Lipinski definition) is 1. The van der Waals surface area contributed by atoms with Crippen LogP contribution in [0.1, 0.15) is 11.3 Å². The lowest BCUT2D eigenvalue weighted by Gasteiger charge is -1.99. The number of nitrogens with one attached hydrogen (secondary N) is 1. The van der Waals surface area contributed by atoms with Gasteiger partial charge in [-0.3, -0.25) is 5.10 Å². The molecule has 3 aromatic heterocycles. The minimum Gasteiger partial charge on any atom is -0.282 e. The highest BCUT2D eigenvalue weighted by Crippen LogP contribution is 2.29. The molecule has 0 aliphatic rings. The molecule has 21 heavy (non-hydrogen) atoms. The van der Waals surface area contributed by atoms with E-state index in [1.165, 1.54) is 16.9 Å². The molecule has 1 N–H and O–H groups in total. The van der Waals surface area contributed by atoms with Gasteiger partial charge in [0.2, 0.25) is 10.8 Å². The van der Waals surface area contributed by atoms with E-state index < -0.39 is 0 Å². The lowest BCUT2D eigenvalue weighted by molar-refractivity contribution is 0.951. The van der Waals surface area contributed by atoms with Crippen LogP contribution in [0.4, 0.5) is 0 Å². The number of aryl methyl sites for hydroxylation is 2. The van der Waals surface area contributed by atoms with Crippen LogP contribution in [0.3, 0.4) is 0 Å². The van der Waals surface area contributed by atoms with Crippen molar-refractivity contribution in [2.45, 2.75) is 13.8 Å². The Hall–Kier alpha value is -2.54. The number of hydrogen-bond acceptors (Lipinski definition) is 5. The van der Waals surface area contributed by atoms with Gasteiger partial charge in [-0.15, -0.1) is 10.2 Å². The molecule has 1 aromatic carbocycles. The standard InChI is InChI=1S/C14H12N6S/c1-8-5-3-4-6-10(8)13-19-20-12(17-18-14(20)21-13)11-7-9(2)15-16-11/h3-7H,1-2H3,(H,15,16). The predicted octanol–water partition coefficient (Wildman–Crippen LogP) is 2.86. The number of fused-ring (bicyclic) bond motifs is 1. The van der Waals surface area contributed by atoms with Crippen LogP contribution in [-0.4, -0.2) is 30.0 Å². The topological polar surface area (TPSA) is 71.8 Å². The molecule has 0 saturated carbocycles. The van der Waals surface area contributed by atoms with E-state index in [0.717, 1.165) is 26.9 Å². The molecule has 0 spiro atoms. The molecule has 0 aliphatic carbocycles. The smallest absolute Gasteiger partial charge is 0.235 e. The summed E-state index contributed by atoms with van der Waals surface area (Å²) in [6.07, 6.45) is 0. The Morgan fingerprint density at radius 1 is 1.14 bits per heavy atom. The molecule has 0 bridgehead atoms. The second kappa shape index (κ2) is 4.49. The first-order chi connectivity index (χ1) is 10.2. The maximum atomic E-state index is 4.65. The van der Waals surface area contributed by atoms with Crippen LogP contribution in [0.5, 0.6) is 0 Å². The van der Waals surface area contributed by atoms with Gasteiger partial charge in [0, 0.05) is 11.3 Å². The van der Waals surface area contributed by atoms with Gasteiger partial charge in [-0.1, -0.05) is 35.6 Å². The van der Waals surface area contributed by atoms with Gasteiger partial charge >= 0.3 is 0 Å². The SMILES string of the molecule is Cc1cc(-c2nnc3sc(-c4ccccc4C)nn23)n[nH]1. The Morgan fingerprint density at radius 3 is 2.76 bits per heavy atom. The van der Waals surface area contributed by atoms with Gasteiger partial charge in [-0.2, -0.15) is 14.7 Å². The van der Waals surface area contributed by atoms with E-state index in [9.17, 15) is 0 Å². The fourth-order valence-electron chi connectivity index (χ4n) is 2.23. The van der Waals surface area contributed by atoms with Crippen LogP contribution in [0, 0.1) is 13.8 Å². The third kappa shape index (κ3) is 1.93. The van der Waals surface area contributed by atoms with Crippen molar-refractivity contribution in [1.82, 2.24) is 30.0 Å². The zero-order valence-corrected chi connectivity index (χ0v) is 12.3. The molecule has 0 aliphatic heterocycles. The molecule has 7 heteroatoms. The summed E-state index contributed by atoms with van der Waals surface area (Å²) in [5.74, 6) is 0.658. The summed E-state index contributed by atoms with van der Waals surface area (Å²) >= 11 is 1.53. The Bertz CT molecular complexity index is 932. The van der Waals surface area contributed by atoms with Crippen LogP contribution in [0.2, 0.25) is 0 Å². The molecule has 0 unspecified atom stereocenters. The van der Waals surface area contributed by atoms with Crippen molar-refractivity contribution in [3.05, 3.63) is 41.6 Å². The molecule has 3 heterocycles. The lowest BCUT2D eigenvalue weighted by atomic mass is 10.1. The van der Waals surface area contributed by atoms with Gasteiger partial charge in [0.05, 0.1) is 0 Å². The highest BCUT2D eigenvalue weighted by atomic mass is 32.1. The van der Waals surface area contributed by atoms with E-state index in [-0.39, 0.29) is 0 Å². The highest BCUT2D eigenvalue weighted by molar-refractivity contribution is 7.19. The van der Waals surface area contributed by atoms with Gasteiger partial charge in [0.25, 0.3) is 0 Å². The third-order valence-electron chi connectivity index (χ3n) is 3.30. The molecule has 0 saturated heterocycles. The molecular formula is C14H12N6S. The first-order valence-corrected chi connectivity index (χ1v) is 7.34. The van der Waals surface area contributed by atoms with E-state index >= 15 is 0 Å². The fraction of sp³-hybridized carbons (Fsp3) is 0.143. The van der Waals surface area contributed by atoms with Crippen LogP contribution < -0.4 is 0 Å². The quantitative estimate of drug-likeness (QED) is 0.617. The number of aromatic amines is 1. The minimum absolute atomic E-state index is 0.658. The van der Waals surface area contributed by atoms with E-state index in [2.05, 4.69) is 44.5 Å². The second-order valence-electron chi connectivity index (χ2n) is 4.88. The summed E-state index contributed by atoms with van der Waals surface area (Å²) in [7, 11) is 0. The van der Waals surface area contributed by atoms with Crippen molar-refractivity contribution >= 4 is 16.3 Å². The Morgan fingerprint density at radius 2 is 2.00 bits per heavy atom. The van der Waals surface area contributed by atoms with E-state index in [0.29, 0.717) is 5.82 Å². The third-order valence-corrected chi connectivity index (χ3v) is 4.23. The maximum absolute atomic E-state index is 4.65. The zero-order valence-electron chi connectivity index (χ0n) is 11.5. The van der Waals surface area contributed by atoms with E-state index in [4.69, 9.17) is 0 Å². The van der Waals surface area contributed by atoms with Crippen LogP contribution in [0.25, 0.3) is 27.1 Å². The first-order valence-electron chi connectivity index (χ1n) is 6.53. The molecule has 0 atom stereocenters. The van der Waals surface area contributed by atoms with Crippen molar-refractivity contribution in [2.24, 2.45) is 0 Å². The monoisotopic (exact) mass is 296 g/mol. The largest absolute Gasteiger partial charge is 0.282 e. The van der Waals surface area contributed by atoms with Gasteiger partial charge in [0.1, 0.15) is 10.7 Å². The maximum Gasteiger partial charge on any atom is 0.235 e. The first kappa shape index (κ1) is 12.2. The van der Waals surface area contributed by atoms with Crippen LogP contribution >= 0.6 is 11.3 Å². The predicted molar refractivity (Wildman–Crippen MR) is 81.2 cm³/mol. The highest BCUT2D eigenvalue weighted by Gasteiger charge is 2.16. The molecule has 104 valence electrons. The summed E-state index contributed by atoms with van der Waals surface area (Å²) in [6, 6.07) is 10.1. The minimum atomic E-state index is 0.658. The zero-order chi connectivity index (χ0) is 14.4. The molecule has 4 rings (SSSR count). The van der Waals surface area contributed by atoms with E-state index in [1.54, 1.807) is 4.52 Å². The number of benzene rings is 1. The summed E-state index contributed by atoms with van der Waals surface area (Å²) in [5, 5.41) is 21.1. The number of H-pyrrole nitrogens is 1. The second-order valence-corrected chi connectivity index (χ2v) is 5.83. The molecule has 0 amide bonds. The summed E-state index contributed by atoms with van der Waals surface area (Å²) in [4.78, 5) is 0.768. The molecule has 6 nitrogen and oxygen atoms in total. The lowest BCUT2D eigenvalue weighted by Crippen LogP contribution is -1.91. The normalized spacial score (nSPS) is 11.3. The molecular weight excluding hydrogens is 284 g/mol. The fourth-order valence-corrected chi connectivity index (χ4v) is 3.16. The summed E-state index contributed by atoms with van der Waals surface area (Å²) < 4.78 is 1.75. The molecule has 0 fully saturated rings. The number of nitrogens with zero attached hydrogens (tertiary/aromatic N) is 5. The van der Waals surface area contributed by atoms with Gasteiger partial charge in [-0.25, -0.2) is 0 Å². The van der Waals surface area contributed by atoms with Crippen molar-refractivity contribution in [3.8, 4) is 22.1 Å². The van der Waals surface area contributed by atoms with Gasteiger partial charge < -0.3 is 0 Å². The Labute approximate surface area is 124 Å². The van der Waals surface area contributed by atoms with Crippen LogP contribution in [-0.2, 0) is 0 Å². The summed E-state index contributed by atoms with van der Waals surface area (Å²) in [6.45, 7) is 4.03.